The molecule has 2 aliphatic rings. The van der Waals surface area contributed by atoms with Crippen LogP contribution in [0.15, 0.2) is 30.3 Å². The summed E-state index contributed by atoms with van der Waals surface area (Å²) in [6.45, 7) is 2.01. The minimum absolute atomic E-state index is 0.0297. The Morgan fingerprint density at radius 1 is 1.18 bits per heavy atom. The van der Waals surface area contributed by atoms with E-state index in [0.717, 1.165) is 30.1 Å². The molecule has 150 valence electrons. The summed E-state index contributed by atoms with van der Waals surface area (Å²) in [5.41, 5.74) is 1.07. The first kappa shape index (κ1) is 19.1. The van der Waals surface area contributed by atoms with Crippen LogP contribution in [-0.2, 0) is 34.3 Å². The van der Waals surface area contributed by atoms with Crippen LogP contribution in [0.2, 0.25) is 0 Å². The maximum absolute atomic E-state index is 12.7. The lowest BCUT2D eigenvalue weighted by Crippen LogP contribution is -2.36. The molecule has 0 aliphatic carbocycles. The Balaban J connectivity index is 1.42. The van der Waals surface area contributed by atoms with Crippen LogP contribution in [0.4, 0.5) is 0 Å². The predicted octanol–water partition coefficient (Wildman–Crippen LogP) is 0.906. The Kier molecular flexibility index (Phi) is 5.20. The first-order valence-electron chi connectivity index (χ1n) is 9.60. The van der Waals surface area contributed by atoms with Crippen LogP contribution in [0.25, 0.3) is 0 Å². The highest BCUT2D eigenvalue weighted by Gasteiger charge is 2.35. The summed E-state index contributed by atoms with van der Waals surface area (Å²) in [5, 5.41) is 11.7. The third-order valence-electron chi connectivity index (χ3n) is 5.64. The van der Waals surface area contributed by atoms with Crippen LogP contribution in [0.3, 0.4) is 0 Å². The molecule has 1 fully saturated rings. The number of hydrogen-bond acceptors (Lipinski definition) is 5. The SMILES string of the molecule is CS(=O)(=O)N1CC[C@@H](c2nnc3n2C[C@@H](C(=O)NCc2ccccc2)CC3)C1. The molecule has 9 heteroatoms. The summed E-state index contributed by atoms with van der Waals surface area (Å²) in [4.78, 5) is 12.7. The van der Waals surface area contributed by atoms with Crippen LogP contribution < -0.4 is 5.32 Å². The lowest BCUT2D eigenvalue weighted by atomic mass is 9.97. The van der Waals surface area contributed by atoms with Crippen molar-refractivity contribution in [2.75, 3.05) is 19.3 Å². The van der Waals surface area contributed by atoms with E-state index in [4.69, 9.17) is 0 Å². The van der Waals surface area contributed by atoms with Gasteiger partial charge >= 0.3 is 0 Å². The number of benzene rings is 1. The van der Waals surface area contributed by atoms with Crippen molar-refractivity contribution in [1.82, 2.24) is 24.4 Å². The van der Waals surface area contributed by atoms with Crippen LogP contribution in [0, 0.1) is 5.92 Å². The Bertz CT molecular complexity index is 957. The zero-order valence-electron chi connectivity index (χ0n) is 15.9. The first-order valence-corrected chi connectivity index (χ1v) is 11.5. The third-order valence-corrected chi connectivity index (χ3v) is 6.91. The van der Waals surface area contributed by atoms with Gasteiger partial charge in [-0.3, -0.25) is 4.79 Å². The molecule has 2 atom stereocenters. The molecule has 1 N–H and O–H groups in total. The molecule has 8 nitrogen and oxygen atoms in total. The van der Waals surface area contributed by atoms with Crippen molar-refractivity contribution in [2.24, 2.45) is 5.92 Å². The van der Waals surface area contributed by atoms with Gasteiger partial charge in [-0.05, 0) is 18.4 Å². The van der Waals surface area contributed by atoms with Gasteiger partial charge in [0.1, 0.15) is 11.6 Å². The average Bonchev–Trinajstić information content (AvgIpc) is 3.33. The quantitative estimate of drug-likeness (QED) is 0.800. The summed E-state index contributed by atoms with van der Waals surface area (Å²) in [7, 11) is -3.19. The van der Waals surface area contributed by atoms with Crippen LogP contribution in [0.1, 0.15) is 36.0 Å². The summed E-state index contributed by atoms with van der Waals surface area (Å²) < 4.78 is 27.1. The Labute approximate surface area is 165 Å². The number of nitrogens with zero attached hydrogens (tertiary/aromatic N) is 4. The number of sulfonamides is 1. The lowest BCUT2D eigenvalue weighted by molar-refractivity contribution is -0.126. The van der Waals surface area contributed by atoms with Crippen molar-refractivity contribution < 1.29 is 13.2 Å². The average molecular weight is 404 g/mol. The number of amides is 1. The fourth-order valence-corrected chi connectivity index (χ4v) is 4.92. The summed E-state index contributed by atoms with van der Waals surface area (Å²) >= 11 is 0. The number of fused-ring (bicyclic) bond motifs is 1. The van der Waals surface area contributed by atoms with E-state index in [1.165, 1.54) is 10.6 Å². The molecule has 0 unspecified atom stereocenters. The van der Waals surface area contributed by atoms with E-state index in [-0.39, 0.29) is 17.7 Å². The molecule has 0 radical (unpaired) electrons. The molecule has 1 aromatic heterocycles. The Morgan fingerprint density at radius 2 is 1.96 bits per heavy atom. The molecule has 4 rings (SSSR count). The van der Waals surface area contributed by atoms with E-state index in [0.29, 0.717) is 32.6 Å². The largest absolute Gasteiger partial charge is 0.352 e. The molecule has 2 aromatic rings. The second kappa shape index (κ2) is 7.63. The minimum Gasteiger partial charge on any atom is -0.352 e. The van der Waals surface area contributed by atoms with E-state index in [1.54, 1.807) is 0 Å². The van der Waals surface area contributed by atoms with E-state index < -0.39 is 10.0 Å². The number of aryl methyl sites for hydroxylation is 1. The molecule has 1 saturated heterocycles. The minimum atomic E-state index is -3.19. The van der Waals surface area contributed by atoms with Gasteiger partial charge in [-0.25, -0.2) is 12.7 Å². The summed E-state index contributed by atoms with van der Waals surface area (Å²) in [6.07, 6.45) is 3.43. The monoisotopic (exact) mass is 403 g/mol. The fraction of sp³-hybridized carbons (Fsp3) is 0.526. The van der Waals surface area contributed by atoms with Gasteiger partial charge in [-0.1, -0.05) is 30.3 Å². The highest BCUT2D eigenvalue weighted by molar-refractivity contribution is 7.88. The van der Waals surface area contributed by atoms with Crippen LogP contribution in [-0.4, -0.2) is 52.7 Å². The molecule has 0 bridgehead atoms. The number of carbonyl (C=O) groups is 1. The molecule has 2 aliphatic heterocycles. The molecule has 0 saturated carbocycles. The highest BCUT2D eigenvalue weighted by atomic mass is 32.2. The zero-order chi connectivity index (χ0) is 19.7. The second-order valence-corrected chi connectivity index (χ2v) is 9.61. The maximum Gasteiger partial charge on any atom is 0.225 e. The van der Waals surface area contributed by atoms with Crippen LogP contribution in [0.5, 0.6) is 0 Å². The van der Waals surface area contributed by atoms with Gasteiger partial charge in [-0.15, -0.1) is 10.2 Å². The van der Waals surface area contributed by atoms with Gasteiger partial charge in [0.15, 0.2) is 0 Å². The van der Waals surface area contributed by atoms with E-state index in [1.807, 2.05) is 34.9 Å². The molecular weight excluding hydrogens is 378 g/mol. The number of rotatable bonds is 5. The topological polar surface area (TPSA) is 97.2 Å². The number of nitrogens with one attached hydrogen (secondary N) is 1. The van der Waals surface area contributed by atoms with Crippen molar-refractivity contribution in [3.8, 4) is 0 Å². The van der Waals surface area contributed by atoms with Crippen molar-refractivity contribution in [3.63, 3.8) is 0 Å². The highest BCUT2D eigenvalue weighted by Crippen LogP contribution is 2.30. The van der Waals surface area contributed by atoms with Crippen molar-refractivity contribution in [3.05, 3.63) is 47.5 Å². The zero-order valence-corrected chi connectivity index (χ0v) is 16.7. The lowest BCUT2D eigenvalue weighted by Gasteiger charge is -2.25. The van der Waals surface area contributed by atoms with Gasteiger partial charge in [0.25, 0.3) is 0 Å². The van der Waals surface area contributed by atoms with Crippen molar-refractivity contribution >= 4 is 15.9 Å². The van der Waals surface area contributed by atoms with Gasteiger partial charge in [-0.2, -0.15) is 0 Å². The van der Waals surface area contributed by atoms with Gasteiger partial charge < -0.3 is 9.88 Å². The summed E-state index contributed by atoms with van der Waals surface area (Å²) in [6, 6.07) is 9.85. The van der Waals surface area contributed by atoms with Crippen LogP contribution >= 0.6 is 0 Å². The van der Waals surface area contributed by atoms with Gasteiger partial charge in [0, 0.05) is 38.5 Å². The first-order chi connectivity index (χ1) is 13.4. The molecule has 28 heavy (non-hydrogen) atoms. The van der Waals surface area contributed by atoms with E-state index in [2.05, 4.69) is 15.5 Å². The Morgan fingerprint density at radius 3 is 2.68 bits per heavy atom. The van der Waals surface area contributed by atoms with Crippen molar-refractivity contribution in [2.45, 2.75) is 38.3 Å². The fourth-order valence-electron chi connectivity index (χ4n) is 4.03. The maximum atomic E-state index is 12.7. The second-order valence-electron chi connectivity index (χ2n) is 7.63. The number of hydrogen-bond donors (Lipinski definition) is 1. The van der Waals surface area contributed by atoms with Gasteiger partial charge in [0.2, 0.25) is 15.9 Å². The smallest absolute Gasteiger partial charge is 0.225 e. The van der Waals surface area contributed by atoms with Gasteiger partial charge in [0.05, 0.1) is 12.2 Å². The van der Waals surface area contributed by atoms with Crippen molar-refractivity contribution in [1.29, 1.82) is 0 Å². The molecule has 3 heterocycles. The molecule has 0 spiro atoms. The molecule has 1 amide bonds. The Hall–Kier alpha value is -2.26. The summed E-state index contributed by atoms with van der Waals surface area (Å²) in [5.74, 6) is 1.64. The molecule has 1 aromatic carbocycles. The third kappa shape index (κ3) is 3.95. The number of aromatic nitrogens is 3. The molecular formula is C19H25N5O3S. The van der Waals surface area contributed by atoms with E-state index in [9.17, 15) is 13.2 Å². The normalized spacial score (nSPS) is 22.8. The van der Waals surface area contributed by atoms with E-state index >= 15 is 0 Å². The number of carbonyl (C=O) groups excluding carboxylic acids is 1. The standard InChI is InChI=1S/C19H25N5O3S/c1-28(26,27)23-10-9-15(12-23)18-22-21-17-8-7-16(13-24(17)18)19(25)20-11-14-5-3-2-4-6-14/h2-6,15-16H,7-13H2,1H3,(H,20,25)/t15-,16+/m1/s1. The predicted molar refractivity (Wildman–Crippen MR) is 104 cm³/mol.